The zero-order valence-electron chi connectivity index (χ0n) is 22.6. The van der Waals surface area contributed by atoms with Crippen LogP contribution in [0.4, 0.5) is 10.5 Å². The van der Waals surface area contributed by atoms with E-state index in [-0.39, 0.29) is 43.4 Å². The van der Waals surface area contributed by atoms with Crippen LogP contribution in [-0.2, 0) is 22.7 Å². The Hall–Kier alpha value is -4.27. The van der Waals surface area contributed by atoms with E-state index in [1.807, 2.05) is 81.4 Å². The van der Waals surface area contributed by atoms with Crippen molar-refractivity contribution in [3.63, 3.8) is 0 Å². The van der Waals surface area contributed by atoms with Gasteiger partial charge in [-0.2, -0.15) is 0 Å². The number of hydrogen-bond acceptors (Lipinski definition) is 5. The summed E-state index contributed by atoms with van der Waals surface area (Å²) in [6, 6.07) is 20.0. The fraction of sp³-hybridized carbons (Fsp3) is 0.367. The molecule has 2 saturated heterocycles. The fourth-order valence-electron chi connectivity index (χ4n) is 5.32. The second kappa shape index (κ2) is 11.2. The Kier molecular flexibility index (Phi) is 7.58. The minimum absolute atomic E-state index is 0.0433. The van der Waals surface area contributed by atoms with Crippen molar-refractivity contribution in [2.24, 2.45) is 5.92 Å². The molecule has 0 unspecified atom stereocenters. The monoisotopic (exact) mass is 529 g/mol. The molecule has 2 aliphatic heterocycles. The van der Waals surface area contributed by atoms with Crippen molar-refractivity contribution in [1.29, 1.82) is 0 Å². The van der Waals surface area contributed by atoms with Gasteiger partial charge in [0.05, 0.1) is 25.0 Å². The smallest absolute Gasteiger partial charge is 0.338 e. The van der Waals surface area contributed by atoms with Gasteiger partial charge in [0.2, 0.25) is 11.8 Å². The predicted octanol–water partition coefficient (Wildman–Crippen LogP) is 4.15. The Morgan fingerprint density at radius 3 is 2.44 bits per heavy atom. The molecule has 0 radical (unpaired) electrons. The van der Waals surface area contributed by atoms with E-state index < -0.39 is 12.2 Å². The number of nitrogens with one attached hydrogen (secondary N) is 1. The van der Waals surface area contributed by atoms with Crippen LogP contribution in [0, 0.1) is 12.8 Å². The highest BCUT2D eigenvalue weighted by molar-refractivity contribution is 5.93. The van der Waals surface area contributed by atoms with Crippen LogP contribution in [-0.4, -0.2) is 58.0 Å². The van der Waals surface area contributed by atoms with Gasteiger partial charge < -0.3 is 19.5 Å². The molecular weight excluding hydrogens is 494 g/mol. The van der Waals surface area contributed by atoms with Crippen LogP contribution >= 0.6 is 0 Å². The van der Waals surface area contributed by atoms with Crippen LogP contribution in [0.15, 0.2) is 77.4 Å². The lowest BCUT2D eigenvalue weighted by atomic mass is 9.97. The van der Waals surface area contributed by atoms with Crippen LogP contribution in [0.1, 0.15) is 37.2 Å². The van der Waals surface area contributed by atoms with E-state index in [0.29, 0.717) is 18.7 Å². The molecule has 9 nitrogen and oxygen atoms in total. The van der Waals surface area contributed by atoms with Crippen molar-refractivity contribution in [3.8, 4) is 0 Å². The number of benzene rings is 2. The number of anilines is 1. The van der Waals surface area contributed by atoms with E-state index in [9.17, 15) is 14.4 Å². The lowest BCUT2D eigenvalue weighted by Gasteiger charge is -2.55. The molecule has 0 saturated carbocycles. The summed E-state index contributed by atoms with van der Waals surface area (Å²) < 4.78 is 5.54. The standard InChI is InChI=1S/C30H35N5O4/c1-21(2)16-26-29(37)32(18-25-10-7-15-39-25)19-27-34(26)28(36)20-33(24-13-11-22(3)12-14-24)35(27)30(38)31-17-23-8-5-4-6-9-23/h4-15,21,26-27H,16-20H2,1-3H3,(H,31,38)/t26-,27-/m0/s1. The number of hydrogen-bond donors (Lipinski definition) is 1. The van der Waals surface area contributed by atoms with Gasteiger partial charge in [-0.15, -0.1) is 0 Å². The molecule has 3 aromatic rings. The molecule has 2 aliphatic rings. The molecule has 5 rings (SSSR count). The van der Waals surface area contributed by atoms with Gasteiger partial charge in [0.25, 0.3) is 0 Å². The SMILES string of the molecule is Cc1ccc(N2CC(=O)N3[C@@H](CC(C)C)C(=O)N(Cc4ccco4)C[C@@H]3N2C(=O)NCc2ccccc2)cc1. The number of aryl methyl sites for hydroxylation is 1. The van der Waals surface area contributed by atoms with Crippen LogP contribution in [0.2, 0.25) is 0 Å². The zero-order valence-corrected chi connectivity index (χ0v) is 22.6. The van der Waals surface area contributed by atoms with Crippen LogP contribution in [0.25, 0.3) is 0 Å². The van der Waals surface area contributed by atoms with Crippen molar-refractivity contribution in [2.45, 2.75) is 52.5 Å². The van der Waals surface area contributed by atoms with Crippen LogP contribution in [0.3, 0.4) is 0 Å². The highest BCUT2D eigenvalue weighted by atomic mass is 16.3. The number of hydrazine groups is 1. The van der Waals surface area contributed by atoms with Crippen molar-refractivity contribution in [2.75, 3.05) is 18.1 Å². The maximum atomic E-state index is 13.9. The minimum atomic E-state index is -0.681. The molecule has 2 fully saturated rings. The molecule has 204 valence electrons. The van der Waals surface area contributed by atoms with E-state index in [0.717, 1.165) is 16.8 Å². The third-order valence-electron chi connectivity index (χ3n) is 7.20. The molecule has 0 spiro atoms. The number of fused-ring (bicyclic) bond motifs is 1. The van der Waals surface area contributed by atoms with E-state index in [1.54, 1.807) is 32.1 Å². The Bertz CT molecular complexity index is 1290. The summed E-state index contributed by atoms with van der Waals surface area (Å²) in [7, 11) is 0. The summed E-state index contributed by atoms with van der Waals surface area (Å²) >= 11 is 0. The molecular formula is C30H35N5O4. The van der Waals surface area contributed by atoms with E-state index in [4.69, 9.17) is 4.42 Å². The molecule has 2 atom stereocenters. The lowest BCUT2D eigenvalue weighted by molar-refractivity contribution is -0.168. The van der Waals surface area contributed by atoms with Crippen molar-refractivity contribution in [3.05, 3.63) is 89.9 Å². The van der Waals surface area contributed by atoms with Gasteiger partial charge in [-0.25, -0.2) is 9.80 Å². The number of urea groups is 1. The normalized spacial score (nSPS) is 19.5. The topological polar surface area (TPSA) is 89.3 Å². The minimum Gasteiger partial charge on any atom is -0.467 e. The molecule has 1 aromatic heterocycles. The van der Waals surface area contributed by atoms with Gasteiger partial charge in [0.1, 0.15) is 24.5 Å². The zero-order chi connectivity index (χ0) is 27.5. The summed E-state index contributed by atoms with van der Waals surface area (Å²) in [5, 5.41) is 6.39. The summed E-state index contributed by atoms with van der Waals surface area (Å²) in [6.45, 7) is 6.79. The Morgan fingerprint density at radius 1 is 1.03 bits per heavy atom. The molecule has 0 bridgehead atoms. The summed E-state index contributed by atoms with van der Waals surface area (Å²) in [5.74, 6) is 0.520. The Labute approximate surface area is 228 Å². The molecule has 2 aromatic carbocycles. The number of nitrogens with zero attached hydrogens (tertiary/aromatic N) is 4. The van der Waals surface area contributed by atoms with Gasteiger partial charge in [0.15, 0.2) is 0 Å². The first-order valence-electron chi connectivity index (χ1n) is 13.4. The summed E-state index contributed by atoms with van der Waals surface area (Å²) in [5.41, 5.74) is 2.78. The number of amides is 4. The van der Waals surface area contributed by atoms with Crippen LogP contribution in [0.5, 0.6) is 0 Å². The van der Waals surface area contributed by atoms with Crippen molar-refractivity contribution >= 4 is 23.5 Å². The third-order valence-corrected chi connectivity index (χ3v) is 7.20. The summed E-state index contributed by atoms with van der Waals surface area (Å²) in [6.07, 6.45) is 1.40. The highest BCUT2D eigenvalue weighted by Gasteiger charge is 2.51. The Morgan fingerprint density at radius 2 is 1.77 bits per heavy atom. The summed E-state index contributed by atoms with van der Waals surface area (Å²) in [4.78, 5) is 44.7. The van der Waals surface area contributed by atoms with Gasteiger partial charge >= 0.3 is 6.03 Å². The average molecular weight is 530 g/mol. The number of piperazine rings is 1. The van der Waals surface area contributed by atoms with E-state index in [1.165, 1.54) is 0 Å². The molecule has 1 N–H and O–H groups in total. The quantitative estimate of drug-likeness (QED) is 0.497. The molecule has 4 amide bonds. The largest absolute Gasteiger partial charge is 0.467 e. The average Bonchev–Trinajstić information content (AvgIpc) is 3.43. The number of furan rings is 1. The van der Waals surface area contributed by atoms with Gasteiger partial charge in [-0.3, -0.25) is 14.6 Å². The second-order valence-electron chi connectivity index (χ2n) is 10.6. The first-order chi connectivity index (χ1) is 18.8. The molecule has 39 heavy (non-hydrogen) atoms. The fourth-order valence-corrected chi connectivity index (χ4v) is 5.32. The van der Waals surface area contributed by atoms with Gasteiger partial charge in [-0.05, 0) is 49.1 Å². The first kappa shape index (κ1) is 26.3. The Balaban J connectivity index is 1.52. The maximum absolute atomic E-state index is 13.9. The maximum Gasteiger partial charge on any atom is 0.338 e. The van der Waals surface area contributed by atoms with Crippen LogP contribution < -0.4 is 10.3 Å². The number of rotatable bonds is 7. The van der Waals surface area contributed by atoms with Crippen molar-refractivity contribution < 1.29 is 18.8 Å². The van der Waals surface area contributed by atoms with Gasteiger partial charge in [-0.1, -0.05) is 61.9 Å². The first-order valence-corrected chi connectivity index (χ1v) is 13.4. The van der Waals surface area contributed by atoms with E-state index in [2.05, 4.69) is 5.32 Å². The third kappa shape index (κ3) is 5.62. The highest BCUT2D eigenvalue weighted by Crippen LogP contribution is 2.32. The molecule has 3 heterocycles. The number of carbonyl (C=O) groups is 3. The molecule has 9 heteroatoms. The predicted molar refractivity (Wildman–Crippen MR) is 147 cm³/mol. The molecule has 0 aliphatic carbocycles. The second-order valence-corrected chi connectivity index (χ2v) is 10.6. The van der Waals surface area contributed by atoms with E-state index >= 15 is 0 Å². The lowest BCUT2D eigenvalue weighted by Crippen LogP contribution is -2.76. The van der Waals surface area contributed by atoms with Gasteiger partial charge in [0, 0.05) is 6.54 Å². The van der Waals surface area contributed by atoms with Crippen molar-refractivity contribution in [1.82, 2.24) is 20.1 Å². The number of carbonyl (C=O) groups excluding carboxylic acids is 3.